The van der Waals surface area contributed by atoms with Gasteiger partial charge in [0, 0.05) is 77.9 Å². The number of aromatic nitrogens is 1. The fourth-order valence-electron chi connectivity index (χ4n) is 4.85. The average Bonchev–Trinajstić information content (AvgIpc) is 2.96. The summed E-state index contributed by atoms with van der Waals surface area (Å²) >= 11 is 0. The van der Waals surface area contributed by atoms with Gasteiger partial charge in [-0.2, -0.15) is 0 Å². The van der Waals surface area contributed by atoms with Crippen molar-refractivity contribution in [3.63, 3.8) is 0 Å². The zero-order valence-corrected chi connectivity index (χ0v) is 25.2. The van der Waals surface area contributed by atoms with Gasteiger partial charge in [0.2, 0.25) is 5.91 Å². The van der Waals surface area contributed by atoms with Crippen LogP contribution < -0.4 is 16.2 Å². The summed E-state index contributed by atoms with van der Waals surface area (Å²) in [5, 5.41) is 52.7. The Bertz CT molecular complexity index is 1260. The summed E-state index contributed by atoms with van der Waals surface area (Å²) < 4.78 is 0.188. The second-order valence-corrected chi connectivity index (χ2v) is 10.6. The number of hydrogen-bond acceptors (Lipinski definition) is 12. The van der Waals surface area contributed by atoms with Crippen LogP contribution in [0.25, 0.3) is 0 Å². The van der Waals surface area contributed by atoms with Crippen LogP contribution in [-0.2, 0) is 24.0 Å². The number of amides is 2. The van der Waals surface area contributed by atoms with Gasteiger partial charge in [0.25, 0.3) is 11.5 Å². The topological polar surface area (TPSA) is 263 Å². The number of hydrogen-bond donors (Lipinski definition) is 7. The van der Waals surface area contributed by atoms with Crippen LogP contribution in [0.5, 0.6) is 0 Å². The van der Waals surface area contributed by atoms with Crippen LogP contribution in [-0.4, -0.2) is 177 Å². The normalized spacial score (nSPS) is 16.8. The minimum absolute atomic E-state index is 0.0261. The van der Waals surface area contributed by atoms with Gasteiger partial charge in [-0.15, -0.1) is 4.73 Å². The molecule has 0 aromatic carbocycles. The molecule has 1 unspecified atom stereocenters. The van der Waals surface area contributed by atoms with E-state index in [0.717, 1.165) is 6.07 Å². The summed E-state index contributed by atoms with van der Waals surface area (Å²) in [6.45, 7) is -0.0190. The highest BCUT2D eigenvalue weighted by atomic mass is 16.5. The predicted molar refractivity (Wildman–Crippen MR) is 158 cm³/mol. The molecule has 0 spiro atoms. The van der Waals surface area contributed by atoms with E-state index in [1.165, 1.54) is 12.1 Å². The number of nitrogens with one attached hydrogen (secondary N) is 2. The Labute approximate surface area is 263 Å². The van der Waals surface area contributed by atoms with E-state index in [9.17, 15) is 59.2 Å². The van der Waals surface area contributed by atoms with E-state index in [1.807, 2.05) is 0 Å². The van der Waals surface area contributed by atoms with Gasteiger partial charge in [-0.25, -0.2) is 0 Å². The van der Waals surface area contributed by atoms with Crippen molar-refractivity contribution in [3.05, 3.63) is 34.2 Å². The largest absolute Gasteiger partial charge is 0.480 e. The van der Waals surface area contributed by atoms with Gasteiger partial charge in [-0.3, -0.25) is 53.2 Å². The minimum Gasteiger partial charge on any atom is -0.480 e. The monoisotopic (exact) mass is 655 g/mol. The molecule has 0 radical (unpaired) electrons. The number of carboxylic acid groups (broad SMARTS) is 4. The van der Waals surface area contributed by atoms with Crippen molar-refractivity contribution in [3.8, 4) is 0 Å². The molecule has 1 atom stereocenters. The van der Waals surface area contributed by atoms with Crippen LogP contribution in [0.3, 0.4) is 0 Å². The predicted octanol–water partition coefficient (Wildman–Crippen LogP) is -3.36. The lowest BCUT2D eigenvalue weighted by Crippen LogP contribution is -2.52. The summed E-state index contributed by atoms with van der Waals surface area (Å²) in [6.07, 6.45) is -0.337. The molecule has 256 valence electrons. The van der Waals surface area contributed by atoms with Crippen molar-refractivity contribution in [1.82, 2.24) is 35.0 Å². The number of carboxylic acids is 4. The van der Waals surface area contributed by atoms with Crippen molar-refractivity contribution >= 4 is 35.7 Å². The zero-order chi connectivity index (χ0) is 34.2. The first-order valence-electron chi connectivity index (χ1n) is 14.5. The lowest BCUT2D eigenvalue weighted by atomic mass is 10.1. The molecule has 1 fully saturated rings. The Morgan fingerprint density at radius 3 is 1.61 bits per heavy atom. The summed E-state index contributed by atoms with van der Waals surface area (Å²) in [5.41, 5.74) is -1.09. The van der Waals surface area contributed by atoms with Crippen LogP contribution >= 0.6 is 0 Å². The maximum Gasteiger partial charge on any atom is 0.320 e. The van der Waals surface area contributed by atoms with E-state index < -0.39 is 47.3 Å². The molecule has 1 saturated heterocycles. The molecule has 1 aromatic rings. The summed E-state index contributed by atoms with van der Waals surface area (Å²) in [4.78, 5) is 89.1. The van der Waals surface area contributed by atoms with Crippen molar-refractivity contribution < 1.29 is 54.4 Å². The summed E-state index contributed by atoms with van der Waals surface area (Å²) in [6, 6.07) is 2.42. The van der Waals surface area contributed by atoms with Crippen LogP contribution in [0.4, 0.5) is 0 Å². The fourth-order valence-corrected chi connectivity index (χ4v) is 4.85. The van der Waals surface area contributed by atoms with Crippen LogP contribution in [0.2, 0.25) is 0 Å². The first kappa shape index (κ1) is 37.6. The highest BCUT2D eigenvalue weighted by Gasteiger charge is 2.28. The Balaban J connectivity index is 2.05. The Hall–Kier alpha value is -4.59. The fraction of sp³-hybridized carbons (Fsp3) is 0.593. The van der Waals surface area contributed by atoms with Gasteiger partial charge in [0.1, 0.15) is 11.7 Å². The standard InChI is InChI=1S/C27H41N7O12/c35-21(28-6-7-29-26(43)19-2-1-3-22(36)34(19)46)5-4-20(27(44)45)33-14-12-31(17-24(39)40)10-8-30(16-23(37)38)9-11-32(13-15-33)18-25(41)42/h1-3,20,46H,4-18H2,(H,28,35)(H,29,43)(H,37,38)(H,39,40)(H,41,42)(H,44,45). The average molecular weight is 656 g/mol. The van der Waals surface area contributed by atoms with Crippen molar-refractivity contribution in [2.24, 2.45) is 0 Å². The Morgan fingerprint density at radius 2 is 1.15 bits per heavy atom. The SMILES string of the molecule is O=C(O)CN1CCN(CC(=O)O)CCN(C(CCC(=O)NCCNC(=O)c2cccc(=O)n2O)C(=O)O)CCN(CC(=O)O)CC1. The highest BCUT2D eigenvalue weighted by Crippen LogP contribution is 2.11. The van der Waals surface area contributed by atoms with Crippen LogP contribution in [0.15, 0.2) is 23.0 Å². The number of carbonyl (C=O) groups excluding carboxylic acids is 2. The number of pyridine rings is 1. The molecule has 46 heavy (non-hydrogen) atoms. The van der Waals surface area contributed by atoms with Crippen LogP contribution in [0.1, 0.15) is 23.3 Å². The van der Waals surface area contributed by atoms with E-state index in [4.69, 9.17) is 0 Å². The van der Waals surface area contributed by atoms with E-state index in [1.54, 1.807) is 19.6 Å². The molecule has 2 rings (SSSR count). The zero-order valence-electron chi connectivity index (χ0n) is 25.2. The quantitative estimate of drug-likeness (QED) is 0.0718. The van der Waals surface area contributed by atoms with Crippen LogP contribution in [0, 0.1) is 0 Å². The first-order valence-corrected chi connectivity index (χ1v) is 14.5. The van der Waals surface area contributed by atoms with E-state index in [2.05, 4.69) is 10.6 Å². The maximum absolute atomic E-state index is 12.5. The second kappa shape index (κ2) is 19.0. The van der Waals surface area contributed by atoms with Gasteiger partial charge < -0.3 is 36.3 Å². The molecule has 0 saturated carbocycles. The number of carbonyl (C=O) groups is 6. The van der Waals surface area contributed by atoms with E-state index in [-0.39, 0.29) is 108 Å². The first-order chi connectivity index (χ1) is 21.8. The van der Waals surface area contributed by atoms with Crippen molar-refractivity contribution in [1.29, 1.82) is 0 Å². The molecule has 7 N–H and O–H groups in total. The Morgan fingerprint density at radius 1 is 0.696 bits per heavy atom. The molecular weight excluding hydrogens is 614 g/mol. The summed E-state index contributed by atoms with van der Waals surface area (Å²) in [5.74, 6) is -5.81. The van der Waals surface area contributed by atoms with Gasteiger partial charge in [-0.1, -0.05) is 6.07 Å². The third kappa shape index (κ3) is 13.6. The lowest BCUT2D eigenvalue weighted by Gasteiger charge is -2.35. The Kier molecular flexibility index (Phi) is 15.6. The molecule has 19 heteroatoms. The molecule has 2 heterocycles. The molecule has 1 aliphatic rings. The number of rotatable bonds is 15. The molecule has 1 aromatic heterocycles. The number of nitrogens with zero attached hydrogens (tertiary/aromatic N) is 5. The molecule has 1 aliphatic heterocycles. The minimum atomic E-state index is -1.23. The highest BCUT2D eigenvalue weighted by molar-refractivity contribution is 5.92. The third-order valence-electron chi connectivity index (χ3n) is 7.21. The third-order valence-corrected chi connectivity index (χ3v) is 7.21. The van der Waals surface area contributed by atoms with Gasteiger partial charge in [-0.05, 0) is 12.5 Å². The van der Waals surface area contributed by atoms with Gasteiger partial charge in [0.15, 0.2) is 0 Å². The molecular formula is C27H41N7O12. The van der Waals surface area contributed by atoms with E-state index in [0.29, 0.717) is 0 Å². The molecule has 19 nitrogen and oxygen atoms in total. The molecule has 0 bridgehead atoms. The lowest BCUT2D eigenvalue weighted by molar-refractivity contribution is -0.145. The summed E-state index contributed by atoms with van der Waals surface area (Å²) in [7, 11) is 0. The van der Waals surface area contributed by atoms with Crippen molar-refractivity contribution in [2.45, 2.75) is 18.9 Å². The smallest absolute Gasteiger partial charge is 0.320 e. The van der Waals surface area contributed by atoms with Gasteiger partial charge >= 0.3 is 23.9 Å². The molecule has 0 aliphatic carbocycles. The maximum atomic E-state index is 12.5. The molecule has 2 amide bonds. The van der Waals surface area contributed by atoms with Gasteiger partial charge in [0.05, 0.1) is 19.6 Å². The van der Waals surface area contributed by atoms with Crippen molar-refractivity contribution in [2.75, 3.05) is 85.1 Å². The number of aliphatic carboxylic acids is 4. The van der Waals surface area contributed by atoms with E-state index >= 15 is 0 Å². The second-order valence-electron chi connectivity index (χ2n) is 10.6.